The maximum Gasteiger partial charge on any atom is 0.268 e. The molecular weight excluding hydrogens is 396 g/mol. The third kappa shape index (κ3) is 6.87. The Kier molecular flexibility index (Phi) is 9.47. The number of hydroxylamine groups is 1. The summed E-state index contributed by atoms with van der Waals surface area (Å²) in [5.74, 6) is 8.03. The summed E-state index contributed by atoms with van der Waals surface area (Å²) >= 11 is 0. The van der Waals surface area contributed by atoms with Crippen molar-refractivity contribution < 1.29 is 28.4 Å². The number of unbranched alkanes of at least 4 members (excludes halogenated alkanes) is 1. The first-order valence-electron chi connectivity index (χ1n) is 9.06. The zero-order valence-corrected chi connectivity index (χ0v) is 16.8. The summed E-state index contributed by atoms with van der Waals surface area (Å²) in [7, 11) is 0. The van der Waals surface area contributed by atoms with Gasteiger partial charge in [-0.2, -0.15) is 0 Å². The fourth-order valence-corrected chi connectivity index (χ4v) is 2.44. The summed E-state index contributed by atoms with van der Waals surface area (Å²) in [4.78, 5) is 35.8. The van der Waals surface area contributed by atoms with Crippen molar-refractivity contribution in [2.75, 3.05) is 0 Å². The molecule has 0 aliphatic heterocycles. The van der Waals surface area contributed by atoms with Gasteiger partial charge < -0.3 is 10.6 Å². The molecule has 3 amide bonds. The largest absolute Gasteiger partial charge is 0.343 e. The van der Waals surface area contributed by atoms with E-state index in [4.69, 9.17) is 5.21 Å². The average Bonchev–Trinajstić information content (AvgIpc) is 2.70. The Bertz CT molecular complexity index is 895. The number of nitrogens with one attached hydrogen (secondary N) is 3. The van der Waals surface area contributed by atoms with E-state index in [-0.39, 0.29) is 5.56 Å². The second kappa shape index (κ2) is 11.5. The number of hydrogen-bond donors (Lipinski definition) is 4. The zero-order chi connectivity index (χ0) is 22.7. The fourth-order valence-electron chi connectivity index (χ4n) is 2.44. The van der Waals surface area contributed by atoms with Crippen LogP contribution in [0.15, 0.2) is 24.3 Å². The molecule has 0 aliphatic carbocycles. The molecule has 4 N–H and O–H groups in total. The summed E-state index contributed by atoms with van der Waals surface area (Å²) in [6, 6.07) is 3.90. The molecule has 1 aromatic rings. The highest BCUT2D eigenvalue weighted by molar-refractivity contribution is 5.98. The van der Waals surface area contributed by atoms with E-state index in [0.717, 1.165) is 26.7 Å². The SMILES string of the molecule is CCCC#CC#Cc1ccc(C(=O)NC(C(=O)NO)C(C)(NC(C)=O)C(F)F)cc1. The van der Waals surface area contributed by atoms with Gasteiger partial charge >= 0.3 is 0 Å². The molecule has 1 rings (SSSR count). The lowest BCUT2D eigenvalue weighted by Gasteiger charge is -2.36. The molecule has 1 aromatic carbocycles. The molecule has 0 aromatic heterocycles. The van der Waals surface area contributed by atoms with E-state index < -0.39 is 35.7 Å². The zero-order valence-electron chi connectivity index (χ0n) is 16.8. The number of benzene rings is 1. The van der Waals surface area contributed by atoms with Gasteiger partial charge in [0.2, 0.25) is 5.91 Å². The van der Waals surface area contributed by atoms with Crippen molar-refractivity contribution in [3.63, 3.8) is 0 Å². The quantitative estimate of drug-likeness (QED) is 0.306. The van der Waals surface area contributed by atoms with E-state index in [2.05, 4.69) is 29.0 Å². The number of amides is 3. The van der Waals surface area contributed by atoms with Crippen LogP contribution in [0.1, 0.15) is 49.5 Å². The van der Waals surface area contributed by atoms with E-state index >= 15 is 0 Å². The highest BCUT2D eigenvalue weighted by Gasteiger charge is 2.48. The van der Waals surface area contributed by atoms with E-state index in [1.54, 1.807) is 0 Å². The molecule has 0 fully saturated rings. The highest BCUT2D eigenvalue weighted by Crippen LogP contribution is 2.21. The third-order valence-electron chi connectivity index (χ3n) is 4.03. The van der Waals surface area contributed by atoms with Gasteiger partial charge in [0.15, 0.2) is 0 Å². The van der Waals surface area contributed by atoms with Crippen molar-refractivity contribution in [1.29, 1.82) is 0 Å². The summed E-state index contributed by atoms with van der Waals surface area (Å²) in [6.45, 7) is 3.88. The van der Waals surface area contributed by atoms with Crippen LogP contribution in [0.5, 0.6) is 0 Å². The maximum atomic E-state index is 13.6. The van der Waals surface area contributed by atoms with Crippen LogP contribution in [0.25, 0.3) is 0 Å². The Labute approximate surface area is 173 Å². The van der Waals surface area contributed by atoms with Crippen LogP contribution in [0, 0.1) is 23.7 Å². The van der Waals surface area contributed by atoms with Gasteiger partial charge in [-0.1, -0.05) is 18.8 Å². The first-order chi connectivity index (χ1) is 14.2. The normalized spacial score (nSPS) is 12.9. The minimum atomic E-state index is -3.23. The first-order valence-corrected chi connectivity index (χ1v) is 9.06. The van der Waals surface area contributed by atoms with Crippen molar-refractivity contribution in [2.45, 2.75) is 51.6 Å². The lowest BCUT2D eigenvalue weighted by molar-refractivity contribution is -0.137. The van der Waals surface area contributed by atoms with Crippen molar-refractivity contribution in [1.82, 2.24) is 16.1 Å². The minimum Gasteiger partial charge on any atom is -0.343 e. The predicted octanol–water partition coefficient (Wildman–Crippen LogP) is 1.61. The molecule has 0 aliphatic rings. The Morgan fingerprint density at radius 1 is 1.17 bits per heavy atom. The van der Waals surface area contributed by atoms with Crippen molar-refractivity contribution >= 4 is 17.7 Å². The predicted molar refractivity (Wildman–Crippen MR) is 105 cm³/mol. The second-order valence-corrected chi connectivity index (χ2v) is 6.53. The number of hydrogen-bond acceptors (Lipinski definition) is 4. The average molecular weight is 419 g/mol. The molecule has 30 heavy (non-hydrogen) atoms. The molecule has 7 nitrogen and oxygen atoms in total. The van der Waals surface area contributed by atoms with Gasteiger partial charge in [-0.15, -0.1) is 0 Å². The van der Waals surface area contributed by atoms with Crippen LogP contribution in [0.2, 0.25) is 0 Å². The molecule has 160 valence electrons. The summed E-state index contributed by atoms with van der Waals surface area (Å²) in [5.41, 5.74) is -0.584. The smallest absolute Gasteiger partial charge is 0.268 e. The molecule has 0 saturated heterocycles. The van der Waals surface area contributed by atoms with Crippen LogP contribution in [0.4, 0.5) is 8.78 Å². The Hall–Kier alpha value is -3.43. The number of carbonyl (C=O) groups excluding carboxylic acids is 3. The minimum absolute atomic E-state index is 0.0628. The molecule has 0 spiro atoms. The first kappa shape index (κ1) is 24.6. The van der Waals surface area contributed by atoms with Crippen LogP contribution in [-0.4, -0.2) is 40.9 Å². The van der Waals surface area contributed by atoms with Crippen molar-refractivity contribution in [3.8, 4) is 23.7 Å². The number of alkyl halides is 2. The van der Waals surface area contributed by atoms with Gasteiger partial charge in [0.05, 0.1) is 0 Å². The lowest BCUT2D eigenvalue weighted by atomic mass is 9.91. The molecular formula is C21H23F2N3O4. The topological polar surface area (TPSA) is 108 Å². The molecule has 0 heterocycles. The van der Waals surface area contributed by atoms with Gasteiger partial charge in [0, 0.05) is 24.5 Å². The monoisotopic (exact) mass is 419 g/mol. The summed E-state index contributed by atoms with van der Waals surface area (Å²) in [5, 5.41) is 13.0. The summed E-state index contributed by atoms with van der Waals surface area (Å²) < 4.78 is 27.3. The van der Waals surface area contributed by atoms with Crippen molar-refractivity contribution in [2.24, 2.45) is 0 Å². The molecule has 0 bridgehead atoms. The van der Waals surface area contributed by atoms with Crippen LogP contribution >= 0.6 is 0 Å². The van der Waals surface area contributed by atoms with Crippen LogP contribution in [0.3, 0.4) is 0 Å². The molecule has 0 saturated carbocycles. The molecule has 9 heteroatoms. The highest BCUT2D eigenvalue weighted by atomic mass is 19.3. The van der Waals surface area contributed by atoms with E-state index in [0.29, 0.717) is 5.56 Å². The van der Waals surface area contributed by atoms with Gasteiger partial charge in [-0.05, 0) is 49.5 Å². The maximum absolute atomic E-state index is 13.6. The van der Waals surface area contributed by atoms with Crippen LogP contribution in [-0.2, 0) is 9.59 Å². The van der Waals surface area contributed by atoms with Gasteiger partial charge in [-0.25, -0.2) is 14.3 Å². The van der Waals surface area contributed by atoms with Gasteiger partial charge in [-0.3, -0.25) is 19.6 Å². The van der Waals surface area contributed by atoms with E-state index in [9.17, 15) is 23.2 Å². The standard InChI is InChI=1S/C21H23F2N3O4/c1-4-5-6-7-8-9-15-10-12-16(13-11-15)18(28)24-17(19(29)26-30)21(3,20(22)23)25-14(2)27/h10-13,17,20,30H,4-5H2,1-3H3,(H,24,28)(H,25,27)(H,26,29). The number of halogens is 2. The molecule has 0 radical (unpaired) electrons. The number of rotatable bonds is 7. The van der Waals surface area contributed by atoms with Crippen LogP contribution < -0.4 is 16.1 Å². The number of carbonyl (C=O) groups is 3. The molecule has 2 atom stereocenters. The second-order valence-electron chi connectivity index (χ2n) is 6.53. The van der Waals surface area contributed by atoms with Crippen molar-refractivity contribution in [3.05, 3.63) is 35.4 Å². The molecule has 2 unspecified atom stereocenters. The van der Waals surface area contributed by atoms with E-state index in [1.807, 2.05) is 12.2 Å². The van der Waals surface area contributed by atoms with Gasteiger partial charge in [0.1, 0.15) is 11.6 Å². The Morgan fingerprint density at radius 2 is 1.80 bits per heavy atom. The third-order valence-corrected chi connectivity index (χ3v) is 4.03. The van der Waals surface area contributed by atoms with Gasteiger partial charge in [0.25, 0.3) is 18.2 Å². The Balaban J connectivity index is 3.06. The lowest BCUT2D eigenvalue weighted by Crippen LogP contribution is -2.68. The summed E-state index contributed by atoms with van der Waals surface area (Å²) in [6.07, 6.45) is -1.55. The van der Waals surface area contributed by atoms with E-state index in [1.165, 1.54) is 29.7 Å². The fraction of sp³-hybridized carbons (Fsp3) is 0.381. The Morgan fingerprint density at radius 3 is 2.30 bits per heavy atom.